The number of aromatic nitrogens is 2. The van der Waals surface area contributed by atoms with Crippen LogP contribution in [0.3, 0.4) is 0 Å². The van der Waals surface area contributed by atoms with Gasteiger partial charge in [0.05, 0.1) is 18.0 Å². The van der Waals surface area contributed by atoms with Crippen molar-refractivity contribution in [1.29, 1.82) is 0 Å². The van der Waals surface area contributed by atoms with Crippen LogP contribution in [-0.4, -0.2) is 21.2 Å². The Morgan fingerprint density at radius 3 is 2.10 bits per heavy atom. The summed E-state index contributed by atoms with van der Waals surface area (Å²) < 4.78 is 41.5. The number of hydrogen-bond acceptors (Lipinski definition) is 4. The third-order valence-electron chi connectivity index (χ3n) is 2.30. The van der Waals surface area contributed by atoms with E-state index in [0.29, 0.717) is 5.56 Å². The van der Waals surface area contributed by atoms with E-state index in [4.69, 9.17) is 5.11 Å². The summed E-state index contributed by atoms with van der Waals surface area (Å²) in [5, 5.41) is 8.38. The van der Waals surface area contributed by atoms with Gasteiger partial charge >= 0.3 is 12.3 Å². The van der Waals surface area contributed by atoms with E-state index in [0.717, 1.165) is 24.5 Å². The minimum atomic E-state index is -4.40. The molecule has 8 heteroatoms. The first-order chi connectivity index (χ1) is 9.36. The molecule has 0 aliphatic carbocycles. The largest absolute Gasteiger partial charge is 0.511 e. The second-order valence-electron chi connectivity index (χ2n) is 3.69. The zero-order chi connectivity index (χ0) is 14.8. The molecular weight excluding hydrogens is 277 g/mol. The first-order valence-corrected chi connectivity index (χ1v) is 5.27. The molecule has 2 aromatic rings. The van der Waals surface area contributed by atoms with Gasteiger partial charge in [0.2, 0.25) is 0 Å². The van der Waals surface area contributed by atoms with Crippen molar-refractivity contribution < 1.29 is 27.8 Å². The first kappa shape index (κ1) is 13.8. The number of halogens is 3. The molecule has 0 saturated carbocycles. The monoisotopic (exact) mass is 284 g/mol. The average molecular weight is 284 g/mol. The molecule has 0 spiro atoms. The molecule has 0 unspecified atom stereocenters. The van der Waals surface area contributed by atoms with Crippen LogP contribution in [0.4, 0.5) is 18.0 Å². The Hall–Kier alpha value is -2.64. The van der Waals surface area contributed by atoms with Gasteiger partial charge in [-0.1, -0.05) is 12.1 Å². The van der Waals surface area contributed by atoms with Crippen LogP contribution in [-0.2, 0) is 6.18 Å². The molecule has 1 heterocycles. The fourth-order valence-corrected chi connectivity index (χ4v) is 1.43. The van der Waals surface area contributed by atoms with Gasteiger partial charge in [-0.25, -0.2) is 14.8 Å². The first-order valence-electron chi connectivity index (χ1n) is 5.27. The SMILES string of the molecule is O=C(O)Oc1cnc(-c2ccc(C(F)(F)F)cc2)nc1. The highest BCUT2D eigenvalue weighted by molar-refractivity contribution is 5.61. The minimum absolute atomic E-state index is 0.0758. The van der Waals surface area contributed by atoms with E-state index in [9.17, 15) is 18.0 Å². The normalized spacial score (nSPS) is 11.2. The van der Waals surface area contributed by atoms with Crippen molar-refractivity contribution in [3.63, 3.8) is 0 Å². The summed E-state index contributed by atoms with van der Waals surface area (Å²) in [4.78, 5) is 17.9. The molecular formula is C12H7F3N2O3. The van der Waals surface area contributed by atoms with Gasteiger partial charge in [-0.2, -0.15) is 13.2 Å². The summed E-state index contributed by atoms with van der Waals surface area (Å²) in [6, 6.07) is 4.30. The average Bonchev–Trinajstić information content (AvgIpc) is 2.38. The smallest absolute Gasteiger partial charge is 0.449 e. The summed E-state index contributed by atoms with van der Waals surface area (Å²) in [6.07, 6.45) is -3.67. The van der Waals surface area contributed by atoms with E-state index in [-0.39, 0.29) is 11.6 Å². The quantitative estimate of drug-likeness (QED) is 0.857. The highest BCUT2D eigenvalue weighted by Gasteiger charge is 2.30. The third-order valence-corrected chi connectivity index (χ3v) is 2.30. The molecule has 0 aliphatic rings. The van der Waals surface area contributed by atoms with Crippen LogP contribution in [0, 0.1) is 0 Å². The second-order valence-corrected chi connectivity index (χ2v) is 3.69. The van der Waals surface area contributed by atoms with Gasteiger partial charge in [0.15, 0.2) is 11.6 Å². The van der Waals surface area contributed by atoms with Gasteiger partial charge in [-0.05, 0) is 12.1 Å². The highest BCUT2D eigenvalue weighted by atomic mass is 19.4. The van der Waals surface area contributed by atoms with E-state index in [1.54, 1.807) is 0 Å². The number of ether oxygens (including phenoxy) is 1. The Morgan fingerprint density at radius 1 is 1.10 bits per heavy atom. The Balaban J connectivity index is 2.21. The maximum absolute atomic E-state index is 12.4. The lowest BCUT2D eigenvalue weighted by molar-refractivity contribution is -0.137. The number of alkyl halides is 3. The molecule has 0 saturated heterocycles. The fourth-order valence-electron chi connectivity index (χ4n) is 1.43. The molecule has 5 nitrogen and oxygen atoms in total. The molecule has 0 atom stereocenters. The standard InChI is InChI=1S/C12H7F3N2O3/c13-12(14,15)8-3-1-7(2-4-8)10-16-5-9(6-17-10)20-11(18)19/h1-6H,(H,18,19). The van der Waals surface area contributed by atoms with Crippen LogP contribution in [0.1, 0.15) is 5.56 Å². The van der Waals surface area contributed by atoms with Crippen molar-refractivity contribution in [3.05, 3.63) is 42.2 Å². The molecule has 20 heavy (non-hydrogen) atoms. The highest BCUT2D eigenvalue weighted by Crippen LogP contribution is 2.30. The summed E-state index contributed by atoms with van der Waals surface area (Å²) in [7, 11) is 0. The van der Waals surface area contributed by atoms with E-state index >= 15 is 0 Å². The zero-order valence-electron chi connectivity index (χ0n) is 9.76. The van der Waals surface area contributed by atoms with E-state index in [1.807, 2.05) is 0 Å². The Labute approximate surface area is 110 Å². The van der Waals surface area contributed by atoms with Crippen LogP contribution in [0.2, 0.25) is 0 Å². The lowest BCUT2D eigenvalue weighted by Gasteiger charge is -2.07. The summed E-state index contributed by atoms with van der Waals surface area (Å²) in [5.74, 6) is 0.0876. The summed E-state index contributed by atoms with van der Waals surface area (Å²) >= 11 is 0. The van der Waals surface area contributed by atoms with Gasteiger partial charge < -0.3 is 9.84 Å². The van der Waals surface area contributed by atoms with Crippen molar-refractivity contribution in [2.45, 2.75) is 6.18 Å². The van der Waals surface area contributed by atoms with Crippen LogP contribution in [0.5, 0.6) is 5.75 Å². The fraction of sp³-hybridized carbons (Fsp3) is 0.0833. The molecule has 0 fully saturated rings. The molecule has 1 aromatic heterocycles. The predicted octanol–water partition coefficient (Wildman–Crippen LogP) is 3.22. The molecule has 2 rings (SSSR count). The number of rotatable bonds is 2. The Bertz CT molecular complexity index is 609. The van der Waals surface area contributed by atoms with Gasteiger partial charge in [0, 0.05) is 5.56 Å². The topological polar surface area (TPSA) is 72.3 Å². The molecule has 0 radical (unpaired) electrons. The summed E-state index contributed by atoms with van der Waals surface area (Å²) in [5.41, 5.74) is -0.396. The molecule has 1 aromatic carbocycles. The van der Waals surface area contributed by atoms with Crippen molar-refractivity contribution in [3.8, 4) is 17.1 Å². The maximum atomic E-state index is 12.4. The minimum Gasteiger partial charge on any atom is -0.449 e. The van der Waals surface area contributed by atoms with Crippen molar-refractivity contribution >= 4 is 6.16 Å². The van der Waals surface area contributed by atoms with E-state index in [2.05, 4.69) is 14.7 Å². The van der Waals surface area contributed by atoms with Crippen LogP contribution in [0.25, 0.3) is 11.4 Å². The summed E-state index contributed by atoms with van der Waals surface area (Å²) in [6.45, 7) is 0. The van der Waals surface area contributed by atoms with Crippen LogP contribution >= 0.6 is 0 Å². The van der Waals surface area contributed by atoms with Gasteiger partial charge in [-0.3, -0.25) is 0 Å². The predicted molar refractivity (Wildman–Crippen MR) is 61.1 cm³/mol. The van der Waals surface area contributed by atoms with Crippen LogP contribution in [0.15, 0.2) is 36.7 Å². The van der Waals surface area contributed by atoms with Crippen molar-refractivity contribution in [2.75, 3.05) is 0 Å². The van der Waals surface area contributed by atoms with Crippen LogP contribution < -0.4 is 4.74 Å². The molecule has 0 amide bonds. The number of nitrogens with zero attached hydrogens (tertiary/aromatic N) is 2. The van der Waals surface area contributed by atoms with Gasteiger partial charge in [-0.15, -0.1) is 0 Å². The van der Waals surface area contributed by atoms with Gasteiger partial charge in [0.1, 0.15) is 0 Å². The number of carbonyl (C=O) groups is 1. The number of hydrogen-bond donors (Lipinski definition) is 1. The van der Waals surface area contributed by atoms with E-state index in [1.165, 1.54) is 12.1 Å². The second kappa shape index (κ2) is 5.16. The van der Waals surface area contributed by atoms with Gasteiger partial charge in [0.25, 0.3) is 0 Å². The molecule has 104 valence electrons. The Kier molecular flexibility index (Phi) is 3.55. The number of benzene rings is 1. The lowest BCUT2D eigenvalue weighted by Crippen LogP contribution is -2.05. The van der Waals surface area contributed by atoms with E-state index < -0.39 is 17.9 Å². The maximum Gasteiger partial charge on any atom is 0.511 e. The Morgan fingerprint density at radius 2 is 1.65 bits per heavy atom. The molecule has 1 N–H and O–H groups in total. The molecule has 0 bridgehead atoms. The third kappa shape index (κ3) is 3.22. The van der Waals surface area contributed by atoms with Crippen molar-refractivity contribution in [2.24, 2.45) is 0 Å². The number of carboxylic acid groups (broad SMARTS) is 1. The molecule has 0 aliphatic heterocycles. The lowest BCUT2D eigenvalue weighted by atomic mass is 10.1. The zero-order valence-corrected chi connectivity index (χ0v) is 9.76. The van der Waals surface area contributed by atoms with Crippen molar-refractivity contribution in [1.82, 2.24) is 9.97 Å².